The largest absolute Gasteiger partial charge is 0.480 e. The van der Waals surface area contributed by atoms with Gasteiger partial charge in [-0.1, -0.05) is 0 Å². The summed E-state index contributed by atoms with van der Waals surface area (Å²) in [5.74, 6) is -1.20. The van der Waals surface area contributed by atoms with Crippen LogP contribution in [0.2, 0.25) is 0 Å². The maximum absolute atomic E-state index is 11.4. The number of rotatable bonds is 7. The molecule has 0 unspecified atom stereocenters. The molecule has 0 aromatic carbocycles. The quantitative estimate of drug-likeness (QED) is 0.588. The van der Waals surface area contributed by atoms with E-state index in [0.717, 1.165) is 0 Å². The second-order valence-electron chi connectivity index (χ2n) is 3.29. The van der Waals surface area contributed by atoms with Crippen LogP contribution in [-0.4, -0.2) is 55.2 Å². The Labute approximate surface area is 89.0 Å². The summed E-state index contributed by atoms with van der Waals surface area (Å²) < 4.78 is 4.81. The van der Waals surface area contributed by atoms with Gasteiger partial charge in [-0.3, -0.25) is 9.59 Å². The Hall–Kier alpha value is -1.14. The van der Waals surface area contributed by atoms with Gasteiger partial charge in [0, 0.05) is 27.1 Å². The van der Waals surface area contributed by atoms with Gasteiger partial charge in [0.1, 0.15) is 6.04 Å². The molecular formula is C9H18N2O4. The number of carbonyl (C=O) groups is 2. The lowest BCUT2D eigenvalue weighted by molar-refractivity contribution is -0.139. The smallest absolute Gasteiger partial charge is 0.320 e. The summed E-state index contributed by atoms with van der Waals surface area (Å²) in [6.07, 6.45) is 0.305. The highest BCUT2D eigenvalue weighted by atomic mass is 16.5. The van der Waals surface area contributed by atoms with Crippen LogP contribution in [-0.2, 0) is 14.3 Å². The van der Waals surface area contributed by atoms with Crippen molar-refractivity contribution in [2.75, 3.05) is 27.3 Å². The topological polar surface area (TPSA) is 92.9 Å². The molecular weight excluding hydrogens is 200 g/mol. The molecule has 0 bridgehead atoms. The van der Waals surface area contributed by atoms with Crippen molar-refractivity contribution < 1.29 is 19.4 Å². The van der Waals surface area contributed by atoms with E-state index in [2.05, 4.69) is 0 Å². The molecule has 0 saturated heterocycles. The Morgan fingerprint density at radius 2 is 2.13 bits per heavy atom. The number of methoxy groups -OCH3 is 1. The Kier molecular flexibility index (Phi) is 6.64. The van der Waals surface area contributed by atoms with Crippen molar-refractivity contribution in [3.8, 4) is 0 Å². The summed E-state index contributed by atoms with van der Waals surface area (Å²) in [4.78, 5) is 23.3. The van der Waals surface area contributed by atoms with E-state index in [9.17, 15) is 9.59 Å². The molecule has 0 aliphatic rings. The van der Waals surface area contributed by atoms with E-state index in [0.29, 0.717) is 13.2 Å². The van der Waals surface area contributed by atoms with Gasteiger partial charge in [-0.15, -0.1) is 0 Å². The monoisotopic (exact) mass is 218 g/mol. The summed E-state index contributed by atoms with van der Waals surface area (Å²) in [7, 11) is 3.20. The van der Waals surface area contributed by atoms with Gasteiger partial charge >= 0.3 is 5.97 Å². The lowest BCUT2D eigenvalue weighted by Gasteiger charge is -2.16. The highest BCUT2D eigenvalue weighted by Gasteiger charge is 2.15. The molecule has 6 nitrogen and oxygen atoms in total. The molecule has 0 saturated carbocycles. The van der Waals surface area contributed by atoms with Gasteiger partial charge in [0.2, 0.25) is 5.91 Å². The minimum Gasteiger partial charge on any atom is -0.480 e. The molecule has 0 fully saturated rings. The van der Waals surface area contributed by atoms with Gasteiger partial charge in [-0.2, -0.15) is 0 Å². The van der Waals surface area contributed by atoms with Crippen LogP contribution in [0.5, 0.6) is 0 Å². The van der Waals surface area contributed by atoms with Gasteiger partial charge in [0.25, 0.3) is 0 Å². The van der Waals surface area contributed by atoms with Crippen LogP contribution in [0.4, 0.5) is 0 Å². The summed E-state index contributed by atoms with van der Waals surface area (Å²) in [5.41, 5.74) is 5.27. The predicted octanol–water partition coefficient (Wildman–Crippen LogP) is -0.717. The molecule has 0 spiro atoms. The van der Waals surface area contributed by atoms with E-state index in [4.69, 9.17) is 15.6 Å². The fourth-order valence-corrected chi connectivity index (χ4v) is 0.946. The average Bonchev–Trinajstić information content (AvgIpc) is 2.21. The predicted molar refractivity (Wildman–Crippen MR) is 54.4 cm³/mol. The zero-order valence-corrected chi connectivity index (χ0v) is 9.10. The number of nitrogens with zero attached hydrogens (tertiary/aromatic N) is 1. The van der Waals surface area contributed by atoms with E-state index in [1.165, 1.54) is 4.90 Å². The van der Waals surface area contributed by atoms with Gasteiger partial charge in [-0.05, 0) is 6.42 Å². The first kappa shape index (κ1) is 13.9. The van der Waals surface area contributed by atoms with Crippen LogP contribution in [0.15, 0.2) is 0 Å². The highest BCUT2D eigenvalue weighted by Crippen LogP contribution is 1.99. The minimum atomic E-state index is -1.08. The third kappa shape index (κ3) is 6.03. The second kappa shape index (κ2) is 7.19. The summed E-state index contributed by atoms with van der Waals surface area (Å²) in [6.45, 7) is 0.963. The molecule has 0 heterocycles. The van der Waals surface area contributed by atoms with Gasteiger partial charge in [-0.25, -0.2) is 0 Å². The summed E-state index contributed by atoms with van der Waals surface area (Å²) >= 11 is 0. The molecule has 0 aromatic heterocycles. The Balaban J connectivity index is 3.77. The number of nitrogens with two attached hydrogens (primary N) is 1. The van der Waals surface area contributed by atoms with Gasteiger partial charge < -0.3 is 20.5 Å². The molecule has 0 aliphatic heterocycles. The van der Waals surface area contributed by atoms with Crippen molar-refractivity contribution in [3.05, 3.63) is 0 Å². The molecule has 0 rings (SSSR count). The molecule has 88 valence electrons. The lowest BCUT2D eigenvalue weighted by Crippen LogP contribution is -2.34. The number of hydrogen-bond donors (Lipinski definition) is 2. The fraction of sp³-hybridized carbons (Fsp3) is 0.778. The van der Waals surface area contributed by atoms with Crippen LogP contribution in [0.25, 0.3) is 0 Å². The summed E-state index contributed by atoms with van der Waals surface area (Å²) in [6, 6.07) is -0.968. The molecule has 6 heteroatoms. The van der Waals surface area contributed by atoms with Crippen LogP contribution < -0.4 is 5.73 Å². The third-order valence-electron chi connectivity index (χ3n) is 2.04. The van der Waals surface area contributed by atoms with Crippen molar-refractivity contribution in [1.82, 2.24) is 4.90 Å². The number of ether oxygens (including phenoxy) is 1. The van der Waals surface area contributed by atoms with Crippen LogP contribution in [0, 0.1) is 0 Å². The second-order valence-corrected chi connectivity index (χ2v) is 3.29. The van der Waals surface area contributed by atoms with Crippen molar-refractivity contribution in [3.63, 3.8) is 0 Å². The molecule has 0 aliphatic carbocycles. The SMILES string of the molecule is COCCN(C)C(=O)CC[C@H](N)C(=O)O. The van der Waals surface area contributed by atoms with E-state index in [1.54, 1.807) is 14.2 Å². The standard InChI is InChI=1S/C9H18N2O4/c1-11(5-6-15-2)8(12)4-3-7(10)9(13)14/h7H,3-6,10H2,1-2H3,(H,13,14)/t7-/m0/s1. The van der Waals surface area contributed by atoms with E-state index < -0.39 is 12.0 Å². The normalized spacial score (nSPS) is 12.2. The summed E-state index contributed by atoms with van der Waals surface area (Å²) in [5, 5.41) is 8.51. The van der Waals surface area contributed by atoms with Gasteiger partial charge in [0.15, 0.2) is 0 Å². The van der Waals surface area contributed by atoms with Crippen molar-refractivity contribution in [1.29, 1.82) is 0 Å². The number of carboxylic acids is 1. The number of aliphatic carboxylic acids is 1. The van der Waals surface area contributed by atoms with Crippen LogP contribution in [0.3, 0.4) is 0 Å². The van der Waals surface area contributed by atoms with Crippen molar-refractivity contribution in [2.45, 2.75) is 18.9 Å². The van der Waals surface area contributed by atoms with Gasteiger partial charge in [0.05, 0.1) is 6.61 Å². The Morgan fingerprint density at radius 3 is 2.60 bits per heavy atom. The number of carbonyl (C=O) groups excluding carboxylic acids is 1. The highest BCUT2D eigenvalue weighted by molar-refractivity contribution is 5.78. The zero-order chi connectivity index (χ0) is 11.8. The fourth-order valence-electron chi connectivity index (χ4n) is 0.946. The number of likely N-dealkylation sites (N-methyl/N-ethyl adjacent to an activating group) is 1. The third-order valence-corrected chi connectivity index (χ3v) is 2.04. The molecule has 3 N–H and O–H groups in total. The van der Waals surface area contributed by atoms with Crippen molar-refractivity contribution in [2.24, 2.45) is 5.73 Å². The zero-order valence-electron chi connectivity index (χ0n) is 9.10. The van der Waals surface area contributed by atoms with E-state index in [1.807, 2.05) is 0 Å². The van der Waals surface area contributed by atoms with Crippen LogP contribution in [0.1, 0.15) is 12.8 Å². The number of carboxylic acid groups (broad SMARTS) is 1. The van der Waals surface area contributed by atoms with Crippen LogP contribution >= 0.6 is 0 Å². The molecule has 1 atom stereocenters. The molecule has 15 heavy (non-hydrogen) atoms. The van der Waals surface area contributed by atoms with Crippen molar-refractivity contribution >= 4 is 11.9 Å². The number of amides is 1. The number of hydrogen-bond acceptors (Lipinski definition) is 4. The maximum Gasteiger partial charge on any atom is 0.320 e. The Morgan fingerprint density at radius 1 is 1.53 bits per heavy atom. The average molecular weight is 218 g/mol. The lowest BCUT2D eigenvalue weighted by atomic mass is 10.1. The first-order valence-electron chi connectivity index (χ1n) is 4.70. The molecule has 0 radical (unpaired) electrons. The van der Waals surface area contributed by atoms with E-state index >= 15 is 0 Å². The molecule has 0 aromatic rings. The minimum absolute atomic E-state index is 0.122. The maximum atomic E-state index is 11.4. The molecule has 1 amide bonds. The van der Waals surface area contributed by atoms with E-state index in [-0.39, 0.29) is 18.7 Å². The first-order valence-corrected chi connectivity index (χ1v) is 4.70. The Bertz CT molecular complexity index is 220. The first-order chi connectivity index (χ1) is 6.99.